The first-order valence-corrected chi connectivity index (χ1v) is 12.9. The fourth-order valence-electron chi connectivity index (χ4n) is 5.20. The number of carbonyl (C=O) groups is 1. The van der Waals surface area contributed by atoms with E-state index < -0.39 is 0 Å². The molecule has 1 saturated carbocycles. The fourth-order valence-corrected chi connectivity index (χ4v) is 5.80. The van der Waals surface area contributed by atoms with E-state index >= 15 is 0 Å². The molecule has 1 amide bonds. The Bertz CT molecular complexity index is 757. The summed E-state index contributed by atoms with van der Waals surface area (Å²) < 4.78 is 0. The van der Waals surface area contributed by atoms with Crippen LogP contribution in [0.25, 0.3) is 0 Å². The minimum absolute atomic E-state index is 0. The lowest BCUT2D eigenvalue weighted by atomic mass is 9.97. The molecule has 2 N–H and O–H groups in total. The number of rotatable bonds is 6. The Morgan fingerprint density at radius 1 is 1.19 bits per heavy atom. The van der Waals surface area contributed by atoms with Gasteiger partial charge in [0.05, 0.1) is 10.7 Å². The Hall–Kier alpha value is -0.940. The van der Waals surface area contributed by atoms with Crippen molar-refractivity contribution in [3.63, 3.8) is 0 Å². The molecule has 0 aromatic carbocycles. The molecule has 1 unspecified atom stereocenters. The van der Waals surface area contributed by atoms with Gasteiger partial charge in [0.2, 0.25) is 5.91 Å². The molecule has 9 heteroatoms. The van der Waals surface area contributed by atoms with Gasteiger partial charge < -0.3 is 15.5 Å². The van der Waals surface area contributed by atoms with Gasteiger partial charge in [0.1, 0.15) is 0 Å². The normalized spacial score (nSPS) is 23.4. The first-order chi connectivity index (χ1) is 15.1. The molecule has 0 radical (unpaired) electrons. The van der Waals surface area contributed by atoms with Gasteiger partial charge in [-0.25, -0.2) is 4.98 Å². The summed E-state index contributed by atoms with van der Waals surface area (Å²) in [5.74, 6) is 2.21. The Labute approximate surface area is 213 Å². The number of aromatic nitrogens is 1. The van der Waals surface area contributed by atoms with Gasteiger partial charge in [-0.2, -0.15) is 0 Å². The molecule has 1 aromatic heterocycles. The highest BCUT2D eigenvalue weighted by Gasteiger charge is 2.32. The van der Waals surface area contributed by atoms with Crippen molar-refractivity contribution >= 4 is 47.2 Å². The van der Waals surface area contributed by atoms with Gasteiger partial charge in [0.25, 0.3) is 0 Å². The zero-order valence-electron chi connectivity index (χ0n) is 19.5. The lowest BCUT2D eigenvalue weighted by Crippen LogP contribution is -2.47. The number of thiazole rings is 1. The summed E-state index contributed by atoms with van der Waals surface area (Å²) in [5.41, 5.74) is 1.21. The number of carbonyl (C=O) groups excluding carboxylic acids is 1. The molecule has 0 bridgehead atoms. The number of hydrogen-bond donors (Lipinski definition) is 2. The molecule has 2 aliphatic heterocycles. The molecular weight excluding hydrogens is 535 g/mol. The number of likely N-dealkylation sites (tertiary alicyclic amines) is 2. The van der Waals surface area contributed by atoms with E-state index in [4.69, 9.17) is 0 Å². The molecule has 0 spiro atoms. The van der Waals surface area contributed by atoms with Crippen LogP contribution in [0.5, 0.6) is 0 Å². The van der Waals surface area contributed by atoms with Crippen LogP contribution in [0.1, 0.15) is 55.6 Å². The number of halogens is 1. The lowest BCUT2D eigenvalue weighted by molar-refractivity contribution is -0.134. The number of hydrogen-bond acceptors (Lipinski definition) is 5. The molecule has 180 valence electrons. The van der Waals surface area contributed by atoms with Crippen LogP contribution in [-0.4, -0.2) is 72.5 Å². The maximum absolute atomic E-state index is 12.7. The first-order valence-electron chi connectivity index (χ1n) is 12.0. The van der Waals surface area contributed by atoms with Crippen molar-refractivity contribution in [3.05, 3.63) is 16.1 Å². The average Bonchev–Trinajstić information content (AvgIpc) is 3.54. The molecule has 3 fully saturated rings. The van der Waals surface area contributed by atoms with Gasteiger partial charge >= 0.3 is 0 Å². The topological polar surface area (TPSA) is 72.9 Å². The second-order valence-electron chi connectivity index (χ2n) is 9.43. The summed E-state index contributed by atoms with van der Waals surface area (Å²) in [7, 11) is 1.84. The highest BCUT2D eigenvalue weighted by molar-refractivity contribution is 14.0. The van der Waals surface area contributed by atoms with Gasteiger partial charge in [0, 0.05) is 50.6 Å². The van der Waals surface area contributed by atoms with Crippen molar-refractivity contribution in [2.75, 3.05) is 39.8 Å². The van der Waals surface area contributed by atoms with Crippen LogP contribution in [0, 0.1) is 18.8 Å². The lowest BCUT2D eigenvalue weighted by Gasteiger charge is -2.32. The predicted octanol–water partition coefficient (Wildman–Crippen LogP) is 3.24. The second-order valence-corrected chi connectivity index (χ2v) is 10.5. The molecular formula is C23H39IN6OS. The standard InChI is InChI=1S/C23H38N6OS.HI/c1-17-26-21(16-31-17)14-28-10-7-18(8-11-28)13-25-23(24-2)27-20-9-12-29(15-20)22(30)19-5-3-4-6-19;/h16,18-20H,3-15H2,1-2H3,(H2,24,25,27);1H. The third-order valence-electron chi connectivity index (χ3n) is 7.09. The molecule has 2 saturated heterocycles. The number of aliphatic imine (C=N–C) groups is 1. The van der Waals surface area contributed by atoms with E-state index in [0.29, 0.717) is 17.9 Å². The van der Waals surface area contributed by atoms with E-state index in [1.54, 1.807) is 11.3 Å². The summed E-state index contributed by atoms with van der Waals surface area (Å²) in [4.78, 5) is 26.3. The molecule has 1 aliphatic carbocycles. The molecule has 3 heterocycles. The van der Waals surface area contributed by atoms with Crippen molar-refractivity contribution < 1.29 is 4.79 Å². The van der Waals surface area contributed by atoms with E-state index in [1.807, 2.05) is 7.05 Å². The van der Waals surface area contributed by atoms with Crippen LogP contribution in [0.4, 0.5) is 0 Å². The van der Waals surface area contributed by atoms with Crippen molar-refractivity contribution in [2.45, 2.75) is 64.5 Å². The molecule has 32 heavy (non-hydrogen) atoms. The molecule has 7 nitrogen and oxygen atoms in total. The third-order valence-corrected chi connectivity index (χ3v) is 7.91. The van der Waals surface area contributed by atoms with Crippen molar-refractivity contribution in [2.24, 2.45) is 16.8 Å². The van der Waals surface area contributed by atoms with Crippen LogP contribution < -0.4 is 10.6 Å². The number of nitrogens with one attached hydrogen (secondary N) is 2. The molecule has 3 aliphatic rings. The van der Waals surface area contributed by atoms with Crippen molar-refractivity contribution in [3.8, 4) is 0 Å². The van der Waals surface area contributed by atoms with Gasteiger partial charge in [-0.3, -0.25) is 14.7 Å². The summed E-state index contributed by atoms with van der Waals surface area (Å²) in [6, 6.07) is 0.306. The van der Waals surface area contributed by atoms with E-state index in [1.165, 1.54) is 31.4 Å². The summed E-state index contributed by atoms with van der Waals surface area (Å²) in [5, 5.41) is 10.4. The maximum atomic E-state index is 12.7. The van der Waals surface area contributed by atoms with E-state index in [2.05, 4.69) is 42.7 Å². The zero-order chi connectivity index (χ0) is 21.6. The largest absolute Gasteiger partial charge is 0.356 e. The van der Waals surface area contributed by atoms with Gasteiger partial charge in [-0.1, -0.05) is 12.8 Å². The summed E-state index contributed by atoms with van der Waals surface area (Å²) in [6.07, 6.45) is 8.02. The first kappa shape index (κ1) is 25.7. The number of guanidine groups is 1. The average molecular weight is 575 g/mol. The number of aryl methyl sites for hydroxylation is 1. The zero-order valence-corrected chi connectivity index (χ0v) is 22.7. The van der Waals surface area contributed by atoms with Crippen molar-refractivity contribution in [1.29, 1.82) is 0 Å². The van der Waals surface area contributed by atoms with Crippen LogP contribution >= 0.6 is 35.3 Å². The predicted molar refractivity (Wildman–Crippen MR) is 142 cm³/mol. The summed E-state index contributed by atoms with van der Waals surface area (Å²) >= 11 is 1.74. The van der Waals surface area contributed by atoms with E-state index in [-0.39, 0.29) is 29.9 Å². The number of amides is 1. The van der Waals surface area contributed by atoms with Gasteiger partial charge in [0.15, 0.2) is 5.96 Å². The summed E-state index contributed by atoms with van der Waals surface area (Å²) in [6.45, 7) is 7.97. The highest BCUT2D eigenvalue weighted by Crippen LogP contribution is 2.28. The smallest absolute Gasteiger partial charge is 0.225 e. The van der Waals surface area contributed by atoms with Crippen molar-refractivity contribution in [1.82, 2.24) is 25.4 Å². The Morgan fingerprint density at radius 2 is 1.94 bits per heavy atom. The minimum Gasteiger partial charge on any atom is -0.356 e. The maximum Gasteiger partial charge on any atom is 0.225 e. The minimum atomic E-state index is 0. The van der Waals surface area contributed by atoms with E-state index in [0.717, 1.165) is 69.5 Å². The second kappa shape index (κ2) is 12.5. The third kappa shape index (κ3) is 7.03. The van der Waals surface area contributed by atoms with Crippen LogP contribution in [-0.2, 0) is 11.3 Å². The molecule has 4 rings (SSSR count). The quantitative estimate of drug-likeness (QED) is 0.310. The van der Waals surface area contributed by atoms with E-state index in [9.17, 15) is 4.79 Å². The highest BCUT2D eigenvalue weighted by atomic mass is 127. The Morgan fingerprint density at radius 3 is 2.59 bits per heavy atom. The van der Waals surface area contributed by atoms with Gasteiger partial charge in [-0.15, -0.1) is 35.3 Å². The van der Waals surface area contributed by atoms with Crippen LogP contribution in [0.2, 0.25) is 0 Å². The Balaban J connectivity index is 0.00000289. The van der Waals surface area contributed by atoms with Gasteiger partial charge in [-0.05, 0) is 58.0 Å². The SMILES string of the molecule is CN=C(NCC1CCN(Cc2csc(C)n2)CC1)NC1CCN(C(=O)C2CCCC2)C1.I. The molecule has 1 atom stereocenters. The fraction of sp³-hybridized carbons (Fsp3) is 0.783. The number of piperidine rings is 1. The Kier molecular flexibility index (Phi) is 10.0. The molecule has 1 aromatic rings. The monoisotopic (exact) mass is 574 g/mol. The van der Waals surface area contributed by atoms with Crippen LogP contribution in [0.15, 0.2) is 10.4 Å². The number of nitrogens with zero attached hydrogens (tertiary/aromatic N) is 4. The van der Waals surface area contributed by atoms with Crippen LogP contribution in [0.3, 0.4) is 0 Å².